The van der Waals surface area contributed by atoms with Crippen LogP contribution in [0.25, 0.3) is 11.1 Å². The Morgan fingerprint density at radius 1 is 0.949 bits per heavy atom. The van der Waals surface area contributed by atoms with Crippen LogP contribution in [0.3, 0.4) is 0 Å². The summed E-state index contributed by atoms with van der Waals surface area (Å²) in [5, 5.41) is 0. The molecule has 0 N–H and O–H groups in total. The van der Waals surface area contributed by atoms with Gasteiger partial charge in [-0.1, -0.05) is 42.0 Å². The highest BCUT2D eigenvalue weighted by atomic mass is 32.2. The van der Waals surface area contributed by atoms with Crippen LogP contribution in [-0.4, -0.2) is 84.8 Å². The van der Waals surface area contributed by atoms with E-state index in [4.69, 9.17) is 4.74 Å². The van der Waals surface area contributed by atoms with Crippen LogP contribution in [0.2, 0.25) is 0 Å². The fourth-order valence-electron chi connectivity index (χ4n) is 5.09. The number of rotatable bonds is 8. The molecule has 2 amide bonds. The van der Waals surface area contributed by atoms with Crippen molar-refractivity contribution in [3.8, 4) is 11.1 Å². The number of benzene rings is 2. The van der Waals surface area contributed by atoms with Crippen LogP contribution in [0.4, 0.5) is 5.82 Å². The first kappa shape index (κ1) is 27.2. The molecule has 39 heavy (non-hydrogen) atoms. The summed E-state index contributed by atoms with van der Waals surface area (Å²) in [6, 6.07) is 20.3. The number of carbonyl (C=O) groups is 2. The smallest absolute Gasteiger partial charge is 0.254 e. The molecule has 2 saturated heterocycles. The lowest BCUT2D eigenvalue weighted by Crippen LogP contribution is -2.61. The number of amides is 2. The van der Waals surface area contributed by atoms with Crippen molar-refractivity contribution in [2.24, 2.45) is 0 Å². The number of thioether (sulfide) groups is 1. The van der Waals surface area contributed by atoms with E-state index in [1.807, 2.05) is 71.4 Å². The average Bonchev–Trinajstić information content (AvgIpc) is 2.95. The van der Waals surface area contributed by atoms with Gasteiger partial charge in [0.1, 0.15) is 5.82 Å². The van der Waals surface area contributed by atoms with Gasteiger partial charge in [-0.05, 0) is 42.3 Å². The third-order valence-electron chi connectivity index (χ3n) is 7.22. The van der Waals surface area contributed by atoms with E-state index >= 15 is 0 Å². The third-order valence-corrected chi connectivity index (χ3v) is 8.25. The van der Waals surface area contributed by atoms with Crippen molar-refractivity contribution in [2.75, 3.05) is 50.9 Å². The Balaban J connectivity index is 1.13. The second-order valence-electron chi connectivity index (χ2n) is 10.6. The number of ether oxygens (including phenoxy) is 1. The maximum atomic E-state index is 13.4. The summed E-state index contributed by atoms with van der Waals surface area (Å²) >= 11 is 1.79. The second kappa shape index (κ2) is 12.2. The zero-order valence-corrected chi connectivity index (χ0v) is 23.7. The summed E-state index contributed by atoms with van der Waals surface area (Å²) < 4.78 is 6.13. The largest absolute Gasteiger partial charge is 0.368 e. The minimum absolute atomic E-state index is 0.000281. The van der Waals surface area contributed by atoms with Gasteiger partial charge >= 0.3 is 0 Å². The SMILES string of the molecule is Cc1ccc(CSCCC(=O)N2CC3CN(C(=O)c4cccc(-c5ccc(N(C)C)nc5)c4)CC(C2)O3)cc1. The van der Waals surface area contributed by atoms with Crippen molar-refractivity contribution in [1.29, 1.82) is 0 Å². The molecule has 0 aliphatic carbocycles. The molecular formula is C31H36N4O3S. The Labute approximate surface area is 235 Å². The van der Waals surface area contributed by atoms with E-state index < -0.39 is 0 Å². The van der Waals surface area contributed by atoms with E-state index in [9.17, 15) is 9.59 Å². The molecule has 7 nitrogen and oxygen atoms in total. The van der Waals surface area contributed by atoms with E-state index in [1.165, 1.54) is 11.1 Å². The molecule has 2 aliphatic rings. The first-order valence-electron chi connectivity index (χ1n) is 13.5. The third kappa shape index (κ3) is 6.81. The maximum absolute atomic E-state index is 13.4. The Morgan fingerprint density at radius 3 is 2.33 bits per heavy atom. The minimum Gasteiger partial charge on any atom is -0.368 e. The Bertz CT molecular complexity index is 1280. The topological polar surface area (TPSA) is 66.0 Å². The predicted octanol–water partition coefficient (Wildman–Crippen LogP) is 4.50. The molecule has 2 aromatic carbocycles. The summed E-state index contributed by atoms with van der Waals surface area (Å²) in [5.74, 6) is 2.78. The van der Waals surface area contributed by atoms with Crippen molar-refractivity contribution < 1.29 is 14.3 Å². The quantitative estimate of drug-likeness (QED) is 0.389. The number of hydrogen-bond acceptors (Lipinski definition) is 6. The molecule has 3 aromatic rings. The van der Waals surface area contributed by atoms with Gasteiger partial charge < -0.3 is 19.4 Å². The van der Waals surface area contributed by atoms with Gasteiger partial charge in [0.15, 0.2) is 0 Å². The van der Waals surface area contributed by atoms with E-state index in [2.05, 4.69) is 36.2 Å². The van der Waals surface area contributed by atoms with Crippen molar-refractivity contribution in [3.63, 3.8) is 0 Å². The summed E-state index contributed by atoms with van der Waals surface area (Å²) in [6.07, 6.45) is 2.05. The first-order chi connectivity index (χ1) is 18.9. The van der Waals surface area contributed by atoms with Crippen LogP contribution in [-0.2, 0) is 15.3 Å². The molecule has 3 heterocycles. The van der Waals surface area contributed by atoms with Crippen molar-refractivity contribution >= 4 is 29.4 Å². The van der Waals surface area contributed by atoms with Gasteiger partial charge in [-0.2, -0.15) is 11.8 Å². The minimum atomic E-state index is -0.156. The lowest BCUT2D eigenvalue weighted by molar-refractivity contribution is -0.156. The highest BCUT2D eigenvalue weighted by Gasteiger charge is 2.38. The maximum Gasteiger partial charge on any atom is 0.254 e. The molecule has 1 aromatic heterocycles. The van der Waals surface area contributed by atoms with E-state index in [0.29, 0.717) is 38.2 Å². The molecule has 0 spiro atoms. The van der Waals surface area contributed by atoms with Crippen LogP contribution < -0.4 is 4.90 Å². The number of anilines is 1. The number of aryl methyl sites for hydroxylation is 1. The fourth-order valence-corrected chi connectivity index (χ4v) is 5.98. The van der Waals surface area contributed by atoms with Gasteiger partial charge in [0.2, 0.25) is 5.91 Å². The molecule has 2 aliphatic heterocycles. The Hall–Kier alpha value is -3.36. The number of fused-ring (bicyclic) bond motifs is 2. The molecule has 0 saturated carbocycles. The highest BCUT2D eigenvalue weighted by molar-refractivity contribution is 7.98. The van der Waals surface area contributed by atoms with Crippen LogP contribution in [0, 0.1) is 6.92 Å². The Morgan fingerprint density at radius 2 is 1.67 bits per heavy atom. The normalized spacial score (nSPS) is 18.6. The predicted molar refractivity (Wildman–Crippen MR) is 157 cm³/mol. The van der Waals surface area contributed by atoms with Gasteiger partial charge in [0.05, 0.1) is 12.2 Å². The zero-order valence-electron chi connectivity index (χ0n) is 22.9. The molecule has 8 heteroatoms. The van der Waals surface area contributed by atoms with Gasteiger partial charge in [-0.25, -0.2) is 4.98 Å². The summed E-state index contributed by atoms with van der Waals surface area (Å²) in [7, 11) is 3.92. The second-order valence-corrected chi connectivity index (χ2v) is 11.7. The first-order valence-corrected chi connectivity index (χ1v) is 14.6. The average molecular weight is 545 g/mol. The molecule has 2 fully saturated rings. The molecule has 2 unspecified atom stereocenters. The van der Waals surface area contributed by atoms with E-state index in [0.717, 1.165) is 28.5 Å². The molecule has 5 rings (SSSR count). The number of nitrogens with zero attached hydrogens (tertiary/aromatic N) is 4. The van der Waals surface area contributed by atoms with E-state index in [1.54, 1.807) is 11.8 Å². The molecule has 2 bridgehead atoms. The van der Waals surface area contributed by atoms with Crippen molar-refractivity contribution in [3.05, 3.63) is 83.6 Å². The summed E-state index contributed by atoms with van der Waals surface area (Å²) in [6.45, 7) is 4.14. The summed E-state index contributed by atoms with van der Waals surface area (Å²) in [5.41, 5.74) is 5.13. The molecule has 204 valence electrons. The van der Waals surface area contributed by atoms with Gasteiger partial charge in [-0.15, -0.1) is 0 Å². The molecule has 0 radical (unpaired) electrons. The number of aromatic nitrogens is 1. The van der Waals surface area contributed by atoms with Crippen LogP contribution in [0.1, 0.15) is 27.9 Å². The van der Waals surface area contributed by atoms with Gasteiger partial charge in [0, 0.05) is 75.5 Å². The van der Waals surface area contributed by atoms with Crippen LogP contribution in [0.5, 0.6) is 0 Å². The number of morpholine rings is 2. The highest BCUT2D eigenvalue weighted by Crippen LogP contribution is 2.25. The standard InChI is InChI=1S/C31H36N4O3S/c1-22-7-9-23(10-8-22)21-39-14-13-30(36)34-17-27-19-35(20-28(18-34)38-27)31(37)25-6-4-5-24(15-25)26-11-12-29(32-16-26)33(2)3/h4-12,15-16,27-28H,13-14,17-21H2,1-3H3. The lowest BCUT2D eigenvalue weighted by atomic mass is 10.0. The van der Waals surface area contributed by atoms with Gasteiger partial charge in [-0.3, -0.25) is 9.59 Å². The van der Waals surface area contributed by atoms with Crippen molar-refractivity contribution in [1.82, 2.24) is 14.8 Å². The summed E-state index contributed by atoms with van der Waals surface area (Å²) in [4.78, 5) is 36.6. The monoisotopic (exact) mass is 544 g/mol. The Kier molecular flexibility index (Phi) is 8.53. The lowest BCUT2D eigenvalue weighted by Gasteiger charge is -2.45. The van der Waals surface area contributed by atoms with Gasteiger partial charge in [0.25, 0.3) is 5.91 Å². The molecule has 2 atom stereocenters. The van der Waals surface area contributed by atoms with Crippen LogP contribution >= 0.6 is 11.8 Å². The zero-order chi connectivity index (χ0) is 27.4. The number of hydrogen-bond donors (Lipinski definition) is 0. The van der Waals surface area contributed by atoms with E-state index in [-0.39, 0.29) is 24.0 Å². The van der Waals surface area contributed by atoms with Crippen molar-refractivity contribution in [2.45, 2.75) is 31.3 Å². The van der Waals surface area contributed by atoms with Crippen LogP contribution in [0.15, 0.2) is 66.9 Å². The number of pyridine rings is 1. The molecular weight excluding hydrogens is 508 g/mol. The fraction of sp³-hybridized carbons (Fsp3) is 0.387. The number of carbonyl (C=O) groups excluding carboxylic acids is 2.